The van der Waals surface area contributed by atoms with Crippen LogP contribution in [0.3, 0.4) is 0 Å². The maximum atomic E-state index is 12.9. The molecule has 6 nitrogen and oxygen atoms in total. The number of para-hydroxylation sites is 1. The first-order valence-electron chi connectivity index (χ1n) is 11.1. The number of amides is 2. The summed E-state index contributed by atoms with van der Waals surface area (Å²) in [6.07, 6.45) is 4.97. The number of halogens is 1. The van der Waals surface area contributed by atoms with Crippen LogP contribution in [0.4, 0.5) is 5.69 Å². The Bertz CT molecular complexity index is 1100. The lowest BCUT2D eigenvalue weighted by Crippen LogP contribution is -2.38. The fourth-order valence-electron chi connectivity index (χ4n) is 4.05. The van der Waals surface area contributed by atoms with Crippen molar-refractivity contribution in [3.63, 3.8) is 0 Å². The molecule has 33 heavy (non-hydrogen) atoms. The molecule has 0 unspecified atom stereocenters. The summed E-state index contributed by atoms with van der Waals surface area (Å²) in [5, 5.41) is 6.62. The quantitative estimate of drug-likeness (QED) is 0.541. The van der Waals surface area contributed by atoms with Crippen molar-refractivity contribution in [3.8, 4) is 0 Å². The van der Waals surface area contributed by atoms with E-state index in [1.54, 1.807) is 30.6 Å². The van der Waals surface area contributed by atoms with Crippen LogP contribution in [0.15, 0.2) is 73.1 Å². The highest BCUT2D eigenvalue weighted by Crippen LogP contribution is 2.23. The molecular weight excluding hydrogens is 436 g/mol. The Balaban J connectivity index is 1.31. The van der Waals surface area contributed by atoms with E-state index in [0.29, 0.717) is 17.8 Å². The minimum atomic E-state index is -0.230. The van der Waals surface area contributed by atoms with Crippen LogP contribution in [0, 0.1) is 5.92 Å². The van der Waals surface area contributed by atoms with Crippen LogP contribution in [0.25, 0.3) is 0 Å². The molecule has 1 aliphatic heterocycles. The van der Waals surface area contributed by atoms with Crippen LogP contribution in [0.5, 0.6) is 0 Å². The number of benzene rings is 2. The predicted molar refractivity (Wildman–Crippen MR) is 130 cm³/mol. The van der Waals surface area contributed by atoms with E-state index in [-0.39, 0.29) is 17.7 Å². The van der Waals surface area contributed by atoms with Crippen molar-refractivity contribution in [2.75, 3.05) is 18.4 Å². The summed E-state index contributed by atoms with van der Waals surface area (Å²) < 4.78 is 0. The van der Waals surface area contributed by atoms with Gasteiger partial charge in [0.15, 0.2) is 0 Å². The maximum Gasteiger partial charge on any atom is 0.253 e. The van der Waals surface area contributed by atoms with Crippen LogP contribution < -0.4 is 10.6 Å². The highest BCUT2D eigenvalue weighted by Gasteiger charge is 2.26. The van der Waals surface area contributed by atoms with Crippen molar-refractivity contribution in [1.29, 1.82) is 0 Å². The van der Waals surface area contributed by atoms with Crippen LogP contribution in [0.2, 0.25) is 5.02 Å². The van der Waals surface area contributed by atoms with Gasteiger partial charge in [0.1, 0.15) is 0 Å². The van der Waals surface area contributed by atoms with E-state index in [4.69, 9.17) is 11.6 Å². The Morgan fingerprint density at radius 2 is 1.79 bits per heavy atom. The monoisotopic (exact) mass is 462 g/mol. The van der Waals surface area contributed by atoms with E-state index >= 15 is 0 Å². The molecule has 3 aromatic rings. The molecular formula is C26H27ClN4O2. The Hall–Kier alpha value is -3.22. The van der Waals surface area contributed by atoms with Crippen molar-refractivity contribution in [2.24, 2.45) is 5.92 Å². The van der Waals surface area contributed by atoms with E-state index < -0.39 is 0 Å². The van der Waals surface area contributed by atoms with Gasteiger partial charge in [-0.25, -0.2) is 0 Å². The fraction of sp³-hybridized carbons (Fsp3) is 0.269. The highest BCUT2D eigenvalue weighted by molar-refractivity contribution is 6.30. The van der Waals surface area contributed by atoms with Gasteiger partial charge in [0.25, 0.3) is 5.91 Å². The topological polar surface area (TPSA) is 74.3 Å². The van der Waals surface area contributed by atoms with E-state index in [0.717, 1.165) is 43.1 Å². The average molecular weight is 463 g/mol. The van der Waals surface area contributed by atoms with Gasteiger partial charge >= 0.3 is 0 Å². The lowest BCUT2D eigenvalue weighted by atomic mass is 9.95. The van der Waals surface area contributed by atoms with Crippen LogP contribution >= 0.6 is 11.6 Å². The second kappa shape index (κ2) is 11.1. The first-order valence-corrected chi connectivity index (χ1v) is 11.5. The van der Waals surface area contributed by atoms with E-state index in [1.807, 2.05) is 36.4 Å². The number of piperidine rings is 1. The van der Waals surface area contributed by atoms with Crippen LogP contribution in [-0.4, -0.2) is 34.8 Å². The lowest BCUT2D eigenvalue weighted by Gasteiger charge is -2.31. The number of hydrogen-bond donors (Lipinski definition) is 2. The molecule has 2 heterocycles. The lowest BCUT2D eigenvalue weighted by molar-refractivity contribution is -0.121. The van der Waals surface area contributed by atoms with E-state index in [9.17, 15) is 9.59 Å². The van der Waals surface area contributed by atoms with Crippen molar-refractivity contribution in [1.82, 2.24) is 15.2 Å². The number of carbonyl (C=O) groups excluding carboxylic acids is 2. The number of anilines is 1. The molecule has 1 aromatic heterocycles. The Morgan fingerprint density at radius 1 is 1.00 bits per heavy atom. The summed E-state index contributed by atoms with van der Waals surface area (Å²) >= 11 is 6.09. The molecule has 7 heteroatoms. The molecule has 4 rings (SSSR count). The minimum absolute atomic E-state index is 0.0371. The van der Waals surface area contributed by atoms with Gasteiger partial charge in [-0.2, -0.15) is 0 Å². The third kappa shape index (κ3) is 6.40. The first-order chi connectivity index (χ1) is 16.1. The second-order valence-electron chi connectivity index (χ2n) is 8.26. The van der Waals surface area contributed by atoms with Gasteiger partial charge < -0.3 is 10.6 Å². The molecule has 0 saturated carbocycles. The number of rotatable bonds is 7. The summed E-state index contributed by atoms with van der Waals surface area (Å²) in [5.41, 5.74) is 3.08. The molecule has 170 valence electrons. The van der Waals surface area contributed by atoms with Crippen LogP contribution in [0.1, 0.15) is 34.3 Å². The molecule has 2 N–H and O–H groups in total. The number of nitrogens with zero attached hydrogens (tertiary/aromatic N) is 2. The Kier molecular flexibility index (Phi) is 7.70. The third-order valence-corrected chi connectivity index (χ3v) is 6.09. The normalized spacial score (nSPS) is 14.6. The van der Waals surface area contributed by atoms with Crippen molar-refractivity contribution in [3.05, 3.63) is 94.8 Å². The zero-order chi connectivity index (χ0) is 23.0. The van der Waals surface area contributed by atoms with Gasteiger partial charge in [0, 0.05) is 36.4 Å². The summed E-state index contributed by atoms with van der Waals surface area (Å²) in [7, 11) is 0. The largest absolute Gasteiger partial charge is 0.348 e. The molecule has 1 aliphatic rings. The van der Waals surface area contributed by atoms with Gasteiger partial charge in [0.05, 0.1) is 11.3 Å². The van der Waals surface area contributed by atoms with Crippen molar-refractivity contribution >= 4 is 29.1 Å². The summed E-state index contributed by atoms with van der Waals surface area (Å²) in [4.78, 5) is 32.1. The van der Waals surface area contributed by atoms with Gasteiger partial charge in [-0.1, -0.05) is 41.9 Å². The number of hydrogen-bond acceptors (Lipinski definition) is 4. The van der Waals surface area contributed by atoms with E-state index in [2.05, 4.69) is 26.6 Å². The molecule has 0 radical (unpaired) electrons. The zero-order valence-corrected chi connectivity index (χ0v) is 19.1. The smallest absolute Gasteiger partial charge is 0.253 e. The number of likely N-dealkylation sites (tertiary alicyclic amines) is 1. The molecule has 1 fully saturated rings. The highest BCUT2D eigenvalue weighted by atomic mass is 35.5. The standard InChI is InChI=1S/C26H27ClN4O2/c27-22-7-3-5-19(15-22)18-31-13-10-21(11-14-31)25(32)30-24-9-2-1-8-23(24)26(33)29-17-20-6-4-12-28-16-20/h1-9,12,15-16,21H,10-11,13-14,17-18H2,(H,29,33)(H,30,32). The van der Waals surface area contributed by atoms with Crippen LogP contribution in [-0.2, 0) is 17.9 Å². The Morgan fingerprint density at radius 3 is 2.55 bits per heavy atom. The zero-order valence-electron chi connectivity index (χ0n) is 18.3. The molecule has 0 spiro atoms. The molecule has 1 saturated heterocycles. The van der Waals surface area contributed by atoms with E-state index in [1.165, 1.54) is 5.56 Å². The van der Waals surface area contributed by atoms with Gasteiger partial charge in [0.2, 0.25) is 5.91 Å². The summed E-state index contributed by atoms with van der Waals surface area (Å²) in [5.74, 6) is -0.344. The van der Waals surface area contributed by atoms with Gasteiger partial charge in [-0.3, -0.25) is 19.5 Å². The molecule has 0 atom stereocenters. The number of aromatic nitrogens is 1. The van der Waals surface area contributed by atoms with Crippen molar-refractivity contribution in [2.45, 2.75) is 25.9 Å². The SMILES string of the molecule is O=C(NCc1cccnc1)c1ccccc1NC(=O)C1CCN(Cc2cccc(Cl)c2)CC1. The number of carbonyl (C=O) groups is 2. The average Bonchev–Trinajstić information content (AvgIpc) is 2.84. The molecule has 0 aliphatic carbocycles. The fourth-order valence-corrected chi connectivity index (χ4v) is 4.26. The number of nitrogens with one attached hydrogen (secondary N) is 2. The maximum absolute atomic E-state index is 12.9. The molecule has 2 aromatic carbocycles. The summed E-state index contributed by atoms with van der Waals surface area (Å²) in [6, 6.07) is 18.7. The third-order valence-electron chi connectivity index (χ3n) is 5.86. The molecule has 0 bridgehead atoms. The predicted octanol–water partition coefficient (Wildman–Crippen LogP) is 4.52. The number of pyridine rings is 1. The second-order valence-corrected chi connectivity index (χ2v) is 8.70. The van der Waals surface area contributed by atoms with Crippen molar-refractivity contribution < 1.29 is 9.59 Å². The van der Waals surface area contributed by atoms with Gasteiger partial charge in [-0.15, -0.1) is 0 Å². The van der Waals surface area contributed by atoms with Gasteiger partial charge in [-0.05, 0) is 67.4 Å². The molecule has 2 amide bonds. The first kappa shape index (κ1) is 23.0. The Labute approximate surface area is 199 Å². The summed E-state index contributed by atoms with van der Waals surface area (Å²) in [6.45, 7) is 2.89. The minimum Gasteiger partial charge on any atom is -0.348 e.